The molecule has 1 heterocycles. The molecule has 0 bridgehead atoms. The molecule has 19 heavy (non-hydrogen) atoms. The zero-order valence-electron chi connectivity index (χ0n) is 11.4. The Balaban J connectivity index is 2.00. The second kappa shape index (κ2) is 6.38. The van der Waals surface area contributed by atoms with E-state index in [1.807, 2.05) is 17.0 Å². The Bertz CT molecular complexity index is 473. The van der Waals surface area contributed by atoms with Gasteiger partial charge in [0.25, 0.3) is 0 Å². The fourth-order valence-electron chi connectivity index (χ4n) is 2.62. The van der Waals surface area contributed by atoms with Gasteiger partial charge in [-0.25, -0.2) is 0 Å². The Morgan fingerprint density at radius 3 is 2.74 bits per heavy atom. The van der Waals surface area contributed by atoms with Crippen LogP contribution in [0.25, 0.3) is 0 Å². The third-order valence-electron chi connectivity index (χ3n) is 3.81. The van der Waals surface area contributed by atoms with Crippen LogP contribution >= 0.6 is 0 Å². The van der Waals surface area contributed by atoms with E-state index in [1.165, 1.54) is 12.8 Å². The van der Waals surface area contributed by atoms with Crippen molar-refractivity contribution in [2.75, 3.05) is 6.54 Å². The lowest BCUT2D eigenvalue weighted by molar-refractivity contribution is -0.132. The SMILES string of the molecule is CC1CCCCCN1C(=O)Cc1ccc(C#N)cc1. The maximum atomic E-state index is 12.3. The first-order valence-electron chi connectivity index (χ1n) is 6.99. The van der Waals surface area contributed by atoms with Crippen LogP contribution < -0.4 is 0 Å². The van der Waals surface area contributed by atoms with Gasteiger partial charge < -0.3 is 4.90 Å². The number of amides is 1. The summed E-state index contributed by atoms with van der Waals surface area (Å²) in [5.41, 5.74) is 1.62. The van der Waals surface area contributed by atoms with Crippen LogP contribution in [-0.4, -0.2) is 23.4 Å². The van der Waals surface area contributed by atoms with E-state index in [-0.39, 0.29) is 5.91 Å². The molecule has 1 fully saturated rings. The van der Waals surface area contributed by atoms with Crippen LogP contribution in [0.3, 0.4) is 0 Å². The zero-order chi connectivity index (χ0) is 13.7. The average Bonchev–Trinajstić information content (AvgIpc) is 2.64. The summed E-state index contributed by atoms with van der Waals surface area (Å²) >= 11 is 0. The molecule has 1 unspecified atom stereocenters. The van der Waals surface area contributed by atoms with E-state index in [0.717, 1.165) is 24.9 Å². The van der Waals surface area contributed by atoms with Gasteiger partial charge in [0.15, 0.2) is 0 Å². The number of hydrogen-bond acceptors (Lipinski definition) is 2. The number of benzene rings is 1. The number of likely N-dealkylation sites (tertiary alicyclic amines) is 1. The summed E-state index contributed by atoms with van der Waals surface area (Å²) < 4.78 is 0. The molecule has 1 aromatic carbocycles. The number of nitrogens with zero attached hydrogens (tertiary/aromatic N) is 2. The standard InChI is InChI=1S/C16H20N2O/c1-13-5-3-2-4-10-18(13)16(19)11-14-6-8-15(12-17)9-7-14/h6-9,13H,2-5,10-11H2,1H3. The molecule has 1 atom stereocenters. The molecule has 0 N–H and O–H groups in total. The molecule has 100 valence electrons. The minimum atomic E-state index is 0.208. The van der Waals surface area contributed by atoms with Gasteiger partial charge in [-0.15, -0.1) is 0 Å². The predicted octanol–water partition coefficient (Wildman–Crippen LogP) is 2.89. The monoisotopic (exact) mass is 256 g/mol. The molecule has 1 aliphatic rings. The zero-order valence-corrected chi connectivity index (χ0v) is 11.4. The first kappa shape index (κ1) is 13.6. The number of carbonyl (C=O) groups is 1. The molecule has 1 aromatic rings. The van der Waals surface area contributed by atoms with Crippen LogP contribution in [0.2, 0.25) is 0 Å². The highest BCUT2D eigenvalue weighted by molar-refractivity contribution is 5.79. The lowest BCUT2D eigenvalue weighted by Crippen LogP contribution is -2.39. The van der Waals surface area contributed by atoms with Crippen LogP contribution in [0, 0.1) is 11.3 Å². The molecule has 1 amide bonds. The summed E-state index contributed by atoms with van der Waals surface area (Å²) in [5.74, 6) is 0.208. The molecule has 0 spiro atoms. The largest absolute Gasteiger partial charge is 0.340 e. The fourth-order valence-corrected chi connectivity index (χ4v) is 2.62. The van der Waals surface area contributed by atoms with E-state index in [9.17, 15) is 4.79 Å². The minimum Gasteiger partial charge on any atom is -0.340 e. The smallest absolute Gasteiger partial charge is 0.227 e. The van der Waals surface area contributed by atoms with Gasteiger partial charge in [0.1, 0.15) is 0 Å². The molecule has 1 aliphatic heterocycles. The van der Waals surface area contributed by atoms with Gasteiger partial charge in [-0.2, -0.15) is 5.26 Å². The summed E-state index contributed by atoms with van der Waals surface area (Å²) in [6, 6.07) is 9.74. The number of carbonyl (C=O) groups excluding carboxylic acids is 1. The molecular formula is C16H20N2O. The number of rotatable bonds is 2. The van der Waals surface area contributed by atoms with Crippen molar-refractivity contribution in [3.8, 4) is 6.07 Å². The normalized spacial score (nSPS) is 19.6. The van der Waals surface area contributed by atoms with Crippen molar-refractivity contribution in [2.45, 2.75) is 45.1 Å². The topological polar surface area (TPSA) is 44.1 Å². The lowest BCUT2D eigenvalue weighted by Gasteiger charge is -2.27. The Hall–Kier alpha value is -1.82. The second-order valence-electron chi connectivity index (χ2n) is 5.27. The number of hydrogen-bond donors (Lipinski definition) is 0. The highest BCUT2D eigenvalue weighted by atomic mass is 16.2. The molecule has 0 aliphatic carbocycles. The van der Waals surface area contributed by atoms with Gasteiger partial charge in [0, 0.05) is 12.6 Å². The van der Waals surface area contributed by atoms with E-state index in [2.05, 4.69) is 13.0 Å². The quantitative estimate of drug-likeness (QED) is 0.816. The van der Waals surface area contributed by atoms with Crippen LogP contribution in [-0.2, 0) is 11.2 Å². The predicted molar refractivity (Wildman–Crippen MR) is 74.5 cm³/mol. The Morgan fingerprint density at radius 1 is 1.32 bits per heavy atom. The highest BCUT2D eigenvalue weighted by Crippen LogP contribution is 2.17. The summed E-state index contributed by atoms with van der Waals surface area (Å²) in [4.78, 5) is 14.4. The van der Waals surface area contributed by atoms with Crippen LogP contribution in [0.1, 0.15) is 43.7 Å². The van der Waals surface area contributed by atoms with Crippen molar-refractivity contribution in [1.82, 2.24) is 4.90 Å². The molecule has 0 aromatic heterocycles. The number of nitriles is 1. The maximum Gasteiger partial charge on any atom is 0.227 e. The van der Waals surface area contributed by atoms with Crippen molar-refractivity contribution < 1.29 is 4.79 Å². The third-order valence-corrected chi connectivity index (χ3v) is 3.81. The van der Waals surface area contributed by atoms with Crippen LogP contribution in [0.5, 0.6) is 0 Å². The van der Waals surface area contributed by atoms with Gasteiger partial charge in [-0.3, -0.25) is 4.79 Å². The lowest BCUT2D eigenvalue weighted by atomic mass is 10.1. The molecule has 1 saturated heterocycles. The van der Waals surface area contributed by atoms with Crippen molar-refractivity contribution in [1.29, 1.82) is 5.26 Å². The minimum absolute atomic E-state index is 0.208. The maximum absolute atomic E-state index is 12.3. The summed E-state index contributed by atoms with van der Waals surface area (Å²) in [6.45, 7) is 3.03. The van der Waals surface area contributed by atoms with Crippen LogP contribution in [0.4, 0.5) is 0 Å². The molecule has 3 nitrogen and oxygen atoms in total. The van der Waals surface area contributed by atoms with Gasteiger partial charge in [-0.05, 0) is 37.5 Å². The van der Waals surface area contributed by atoms with Crippen molar-refractivity contribution in [2.24, 2.45) is 0 Å². The molecule has 0 saturated carbocycles. The average molecular weight is 256 g/mol. The first-order valence-corrected chi connectivity index (χ1v) is 6.99. The van der Waals surface area contributed by atoms with Gasteiger partial charge in [0.05, 0.1) is 18.1 Å². The summed E-state index contributed by atoms with van der Waals surface area (Å²) in [5, 5.41) is 8.76. The van der Waals surface area contributed by atoms with Gasteiger partial charge >= 0.3 is 0 Å². The first-order chi connectivity index (χ1) is 9.20. The van der Waals surface area contributed by atoms with Crippen LogP contribution in [0.15, 0.2) is 24.3 Å². The van der Waals surface area contributed by atoms with E-state index >= 15 is 0 Å². The Morgan fingerprint density at radius 2 is 2.05 bits per heavy atom. The van der Waals surface area contributed by atoms with Crippen molar-refractivity contribution in [3.63, 3.8) is 0 Å². The fraction of sp³-hybridized carbons (Fsp3) is 0.500. The Labute approximate surface area is 114 Å². The van der Waals surface area contributed by atoms with Gasteiger partial charge in [0.2, 0.25) is 5.91 Å². The third kappa shape index (κ3) is 3.57. The highest BCUT2D eigenvalue weighted by Gasteiger charge is 2.21. The van der Waals surface area contributed by atoms with E-state index in [4.69, 9.17) is 5.26 Å². The van der Waals surface area contributed by atoms with Crippen molar-refractivity contribution >= 4 is 5.91 Å². The van der Waals surface area contributed by atoms with E-state index < -0.39 is 0 Å². The van der Waals surface area contributed by atoms with Crippen molar-refractivity contribution in [3.05, 3.63) is 35.4 Å². The molecule has 2 rings (SSSR count). The van der Waals surface area contributed by atoms with E-state index in [0.29, 0.717) is 18.0 Å². The molecule has 0 radical (unpaired) electrons. The summed E-state index contributed by atoms with van der Waals surface area (Å²) in [7, 11) is 0. The van der Waals surface area contributed by atoms with Gasteiger partial charge in [-0.1, -0.05) is 25.0 Å². The van der Waals surface area contributed by atoms with E-state index in [1.54, 1.807) is 12.1 Å². The molecular weight excluding hydrogens is 236 g/mol. The molecule has 3 heteroatoms. The summed E-state index contributed by atoms with van der Waals surface area (Å²) in [6.07, 6.45) is 5.12. The Kier molecular flexibility index (Phi) is 4.57. The second-order valence-corrected chi connectivity index (χ2v) is 5.27.